The third-order valence-corrected chi connectivity index (χ3v) is 5.37. The van der Waals surface area contributed by atoms with Crippen molar-refractivity contribution < 1.29 is 28.4 Å². The zero-order valence-corrected chi connectivity index (χ0v) is 19.3. The molecular weight excluding hydrogens is 408 g/mol. The Morgan fingerprint density at radius 3 is 1.31 bits per heavy atom. The van der Waals surface area contributed by atoms with Crippen LogP contribution in [0.5, 0.6) is 0 Å². The number of ether oxygens (including phenoxy) is 6. The van der Waals surface area contributed by atoms with Crippen molar-refractivity contribution >= 4 is 0 Å². The lowest BCUT2D eigenvalue weighted by molar-refractivity contribution is -0.284. The van der Waals surface area contributed by atoms with Crippen LogP contribution in [0.25, 0.3) is 0 Å². The normalized spacial score (nSPS) is 23.3. The van der Waals surface area contributed by atoms with Crippen LogP contribution in [0.4, 0.5) is 0 Å². The Morgan fingerprint density at radius 2 is 0.969 bits per heavy atom. The van der Waals surface area contributed by atoms with Crippen molar-refractivity contribution in [1.82, 2.24) is 0 Å². The molecule has 0 spiro atoms. The molecule has 0 aromatic heterocycles. The first-order chi connectivity index (χ1) is 15.7. The van der Waals surface area contributed by atoms with Crippen LogP contribution in [0.3, 0.4) is 0 Å². The van der Waals surface area contributed by atoms with Gasteiger partial charge in [-0.15, -0.1) is 0 Å². The minimum atomic E-state index is -0.653. The summed E-state index contributed by atoms with van der Waals surface area (Å²) in [7, 11) is 0. The molecule has 0 bridgehead atoms. The van der Waals surface area contributed by atoms with E-state index in [1.807, 2.05) is 74.5 Å². The quantitative estimate of drug-likeness (QED) is 0.439. The highest BCUT2D eigenvalue weighted by molar-refractivity contribution is 5.14. The second kappa shape index (κ2) is 13.0. The Hall–Kier alpha value is -1.80. The number of hydrogen-bond donors (Lipinski definition) is 0. The highest BCUT2D eigenvalue weighted by atomic mass is 16.6. The lowest BCUT2D eigenvalue weighted by atomic mass is 10.0. The van der Waals surface area contributed by atoms with E-state index in [1.54, 1.807) is 0 Å². The van der Waals surface area contributed by atoms with Crippen LogP contribution in [-0.4, -0.2) is 64.1 Å². The number of rotatable bonds is 14. The molecule has 6 heteroatoms. The van der Waals surface area contributed by atoms with Crippen molar-refractivity contribution in [2.24, 2.45) is 0 Å². The molecule has 6 nitrogen and oxygen atoms in total. The molecular formula is C26H36O6. The van der Waals surface area contributed by atoms with Gasteiger partial charge in [-0.3, -0.25) is 0 Å². The van der Waals surface area contributed by atoms with E-state index in [2.05, 4.69) is 0 Å². The molecule has 0 amide bonds. The van der Waals surface area contributed by atoms with Crippen LogP contribution in [0.1, 0.15) is 25.0 Å². The Labute approximate surface area is 191 Å². The molecule has 1 aliphatic rings. The van der Waals surface area contributed by atoms with Crippen molar-refractivity contribution in [3.63, 3.8) is 0 Å². The Balaban J connectivity index is 1.57. The topological polar surface area (TPSA) is 55.4 Å². The van der Waals surface area contributed by atoms with Gasteiger partial charge in [0.05, 0.1) is 52.9 Å². The molecule has 176 valence electrons. The first-order valence-electron chi connectivity index (χ1n) is 11.4. The van der Waals surface area contributed by atoms with E-state index in [0.717, 1.165) is 11.1 Å². The summed E-state index contributed by atoms with van der Waals surface area (Å²) in [6.07, 6.45) is 0. The lowest BCUT2D eigenvalue weighted by Gasteiger charge is -2.45. The van der Waals surface area contributed by atoms with Crippen molar-refractivity contribution in [3.8, 4) is 0 Å². The highest BCUT2D eigenvalue weighted by Crippen LogP contribution is 2.28. The van der Waals surface area contributed by atoms with Gasteiger partial charge in [-0.2, -0.15) is 0 Å². The Morgan fingerprint density at radius 1 is 0.594 bits per heavy atom. The highest BCUT2D eigenvalue weighted by Gasteiger charge is 2.46. The van der Waals surface area contributed by atoms with E-state index < -0.39 is 11.2 Å². The molecule has 1 heterocycles. The largest absolute Gasteiger partial charge is 0.379 e. The summed E-state index contributed by atoms with van der Waals surface area (Å²) < 4.78 is 36.2. The van der Waals surface area contributed by atoms with Gasteiger partial charge in [-0.1, -0.05) is 60.7 Å². The van der Waals surface area contributed by atoms with Gasteiger partial charge in [-0.05, 0) is 25.0 Å². The van der Waals surface area contributed by atoms with E-state index >= 15 is 0 Å². The van der Waals surface area contributed by atoms with Gasteiger partial charge >= 0.3 is 0 Å². The minimum Gasteiger partial charge on any atom is -0.379 e. The minimum absolute atomic E-state index is 0.351. The Bertz CT molecular complexity index is 678. The third kappa shape index (κ3) is 7.66. The average molecular weight is 445 g/mol. The molecule has 2 aromatic rings. The molecule has 1 fully saturated rings. The van der Waals surface area contributed by atoms with Crippen LogP contribution in [0.15, 0.2) is 60.7 Å². The molecule has 0 N–H and O–H groups in total. The first kappa shape index (κ1) is 24.8. The summed E-state index contributed by atoms with van der Waals surface area (Å²) in [6, 6.07) is 20.2. The van der Waals surface area contributed by atoms with Crippen LogP contribution >= 0.6 is 0 Å². The van der Waals surface area contributed by atoms with Gasteiger partial charge in [-0.25, -0.2) is 0 Å². The average Bonchev–Trinajstić information content (AvgIpc) is 2.84. The van der Waals surface area contributed by atoms with Gasteiger partial charge < -0.3 is 28.4 Å². The van der Waals surface area contributed by atoms with Gasteiger partial charge in [0.15, 0.2) is 0 Å². The summed E-state index contributed by atoms with van der Waals surface area (Å²) in [5.41, 5.74) is 0.937. The molecule has 3 rings (SSSR count). The van der Waals surface area contributed by atoms with Crippen LogP contribution < -0.4 is 0 Å². The maximum absolute atomic E-state index is 6.39. The molecule has 2 atom stereocenters. The Kier molecular flexibility index (Phi) is 10.1. The molecule has 0 aliphatic carbocycles. The van der Waals surface area contributed by atoms with Crippen LogP contribution in [0, 0.1) is 0 Å². The molecule has 1 saturated heterocycles. The van der Waals surface area contributed by atoms with Crippen molar-refractivity contribution in [3.05, 3.63) is 71.8 Å². The second-order valence-corrected chi connectivity index (χ2v) is 8.17. The zero-order chi connectivity index (χ0) is 22.5. The molecule has 1 aliphatic heterocycles. The number of benzene rings is 2. The summed E-state index contributed by atoms with van der Waals surface area (Å²) >= 11 is 0. The fraction of sp³-hybridized carbons (Fsp3) is 0.538. The van der Waals surface area contributed by atoms with E-state index in [9.17, 15) is 0 Å². The summed E-state index contributed by atoms with van der Waals surface area (Å²) in [4.78, 5) is 0. The molecule has 0 saturated carbocycles. The SMILES string of the molecule is CCOC[C@]1(COCc2ccccc2)CO[C@](COCC)(COCc2ccccc2)CO1. The van der Waals surface area contributed by atoms with Crippen LogP contribution in [-0.2, 0) is 41.6 Å². The van der Waals surface area contributed by atoms with Crippen molar-refractivity contribution in [1.29, 1.82) is 0 Å². The maximum atomic E-state index is 6.39. The molecule has 0 radical (unpaired) electrons. The summed E-state index contributed by atoms with van der Waals surface area (Å²) in [5, 5.41) is 0. The fourth-order valence-electron chi connectivity index (χ4n) is 3.50. The standard InChI is InChI=1S/C26H36O6/c1-3-27-17-25(19-29-15-23-11-7-5-8-12-23)21-32-26(22-31-25,18-28-4-2)20-30-16-24-13-9-6-10-14-24/h5-14H,3-4,15-22H2,1-2H3/t25-,26+. The van der Waals surface area contributed by atoms with Gasteiger partial charge in [0.2, 0.25) is 0 Å². The fourth-order valence-corrected chi connectivity index (χ4v) is 3.50. The van der Waals surface area contributed by atoms with E-state index in [0.29, 0.717) is 66.1 Å². The van der Waals surface area contributed by atoms with E-state index in [1.165, 1.54) is 0 Å². The predicted molar refractivity (Wildman–Crippen MR) is 123 cm³/mol. The molecule has 0 unspecified atom stereocenters. The third-order valence-electron chi connectivity index (χ3n) is 5.37. The van der Waals surface area contributed by atoms with Gasteiger partial charge in [0.25, 0.3) is 0 Å². The summed E-state index contributed by atoms with van der Waals surface area (Å²) in [6.45, 7) is 8.48. The van der Waals surface area contributed by atoms with E-state index in [-0.39, 0.29) is 0 Å². The van der Waals surface area contributed by atoms with Crippen molar-refractivity contribution in [2.75, 3.05) is 52.9 Å². The van der Waals surface area contributed by atoms with Crippen molar-refractivity contribution in [2.45, 2.75) is 38.3 Å². The number of hydrogen-bond acceptors (Lipinski definition) is 6. The summed E-state index contributed by atoms with van der Waals surface area (Å²) in [5.74, 6) is 0. The monoisotopic (exact) mass is 444 g/mol. The van der Waals surface area contributed by atoms with E-state index in [4.69, 9.17) is 28.4 Å². The molecule has 32 heavy (non-hydrogen) atoms. The predicted octanol–water partition coefficient (Wildman–Crippen LogP) is 4.02. The zero-order valence-electron chi connectivity index (χ0n) is 19.3. The van der Waals surface area contributed by atoms with Gasteiger partial charge in [0, 0.05) is 13.2 Å². The van der Waals surface area contributed by atoms with Gasteiger partial charge in [0.1, 0.15) is 11.2 Å². The second-order valence-electron chi connectivity index (χ2n) is 8.17. The molecule has 2 aromatic carbocycles. The smallest absolute Gasteiger partial charge is 0.138 e. The first-order valence-corrected chi connectivity index (χ1v) is 11.4. The van der Waals surface area contributed by atoms with Crippen LogP contribution in [0.2, 0.25) is 0 Å². The maximum Gasteiger partial charge on any atom is 0.138 e. The lowest BCUT2D eigenvalue weighted by Crippen LogP contribution is -2.61.